The Labute approximate surface area is 91.5 Å². The van der Waals surface area contributed by atoms with Gasteiger partial charge in [-0.15, -0.1) is 0 Å². The van der Waals surface area contributed by atoms with Gasteiger partial charge >= 0.3 is 0 Å². The summed E-state index contributed by atoms with van der Waals surface area (Å²) in [5.41, 5.74) is 2.79. The molecule has 0 amide bonds. The van der Waals surface area contributed by atoms with Crippen LogP contribution in [0.1, 0.15) is 18.4 Å². The first-order valence-electron chi connectivity index (χ1n) is 5.52. The molecule has 0 unspecified atom stereocenters. The molecule has 1 saturated carbocycles. The summed E-state index contributed by atoms with van der Waals surface area (Å²) in [6, 6.07) is 8.58. The molecule has 1 fully saturated rings. The molecule has 1 aromatic rings. The molecule has 2 rings (SSSR count). The second-order valence-corrected chi connectivity index (χ2v) is 4.90. The molecule has 0 atom stereocenters. The maximum absolute atomic E-state index is 9.29. The van der Waals surface area contributed by atoms with Crippen molar-refractivity contribution in [3.63, 3.8) is 0 Å². The number of aliphatic hydroxyl groups excluding tert-OH is 1. The first kappa shape index (κ1) is 10.5. The Hall–Kier alpha value is -1.02. The third kappa shape index (κ3) is 2.32. The highest BCUT2D eigenvalue weighted by atomic mass is 16.3. The lowest BCUT2D eigenvalue weighted by atomic mass is 9.97. The van der Waals surface area contributed by atoms with Crippen LogP contribution >= 0.6 is 0 Å². The minimum Gasteiger partial charge on any atom is -0.396 e. The zero-order chi connectivity index (χ0) is 10.9. The van der Waals surface area contributed by atoms with E-state index >= 15 is 0 Å². The number of aliphatic hydroxyl groups is 1. The van der Waals surface area contributed by atoms with E-state index in [4.69, 9.17) is 0 Å². The van der Waals surface area contributed by atoms with Gasteiger partial charge in [-0.25, -0.2) is 0 Å². The first-order valence-corrected chi connectivity index (χ1v) is 5.52. The average Bonchev–Trinajstić information content (AvgIpc) is 2.99. The van der Waals surface area contributed by atoms with E-state index in [9.17, 15) is 5.11 Å². The van der Waals surface area contributed by atoms with E-state index in [1.165, 1.54) is 24.1 Å². The van der Waals surface area contributed by atoms with Gasteiger partial charge in [-0.05, 0) is 42.4 Å². The van der Waals surface area contributed by atoms with Crippen LogP contribution in [0.15, 0.2) is 24.3 Å². The van der Waals surface area contributed by atoms with Gasteiger partial charge in [0.1, 0.15) is 0 Å². The molecule has 0 saturated heterocycles. The molecule has 1 aromatic carbocycles. The van der Waals surface area contributed by atoms with Gasteiger partial charge in [-0.1, -0.05) is 12.1 Å². The Morgan fingerprint density at radius 2 is 2.07 bits per heavy atom. The summed E-state index contributed by atoms with van der Waals surface area (Å²) >= 11 is 0. The van der Waals surface area contributed by atoms with Gasteiger partial charge in [0.05, 0.1) is 0 Å². The fraction of sp³-hybridized carbons (Fsp3) is 0.538. The predicted octanol–water partition coefficient (Wildman–Crippen LogP) is 2.07. The maximum Gasteiger partial charge on any atom is 0.0490 e. The van der Waals surface area contributed by atoms with Gasteiger partial charge in [0.25, 0.3) is 0 Å². The van der Waals surface area contributed by atoms with Crippen molar-refractivity contribution < 1.29 is 5.11 Å². The standard InChI is InChI=1S/C13H19NO/c1-14(2)12-5-3-4-11(8-12)9-13(10-15)6-7-13/h3-5,8,15H,6-7,9-10H2,1-2H3. The maximum atomic E-state index is 9.29. The van der Waals surface area contributed by atoms with Crippen LogP contribution in [0.2, 0.25) is 0 Å². The number of benzene rings is 1. The van der Waals surface area contributed by atoms with E-state index in [0.717, 1.165) is 6.42 Å². The van der Waals surface area contributed by atoms with Crippen LogP contribution in [0.5, 0.6) is 0 Å². The van der Waals surface area contributed by atoms with Crippen LogP contribution in [-0.2, 0) is 6.42 Å². The molecule has 2 heteroatoms. The van der Waals surface area contributed by atoms with Crippen LogP contribution in [-0.4, -0.2) is 25.8 Å². The van der Waals surface area contributed by atoms with Crippen LogP contribution in [0.3, 0.4) is 0 Å². The largest absolute Gasteiger partial charge is 0.396 e. The minimum absolute atomic E-state index is 0.213. The highest BCUT2D eigenvalue weighted by Crippen LogP contribution is 2.47. The van der Waals surface area contributed by atoms with E-state index in [-0.39, 0.29) is 5.41 Å². The molecule has 0 bridgehead atoms. The van der Waals surface area contributed by atoms with Crippen LogP contribution in [0, 0.1) is 5.41 Å². The van der Waals surface area contributed by atoms with Gasteiger partial charge in [-0.2, -0.15) is 0 Å². The fourth-order valence-electron chi connectivity index (χ4n) is 1.95. The van der Waals surface area contributed by atoms with E-state index in [2.05, 4.69) is 43.3 Å². The number of anilines is 1. The van der Waals surface area contributed by atoms with E-state index in [1.807, 2.05) is 0 Å². The quantitative estimate of drug-likeness (QED) is 0.813. The lowest BCUT2D eigenvalue weighted by Gasteiger charge is -2.16. The summed E-state index contributed by atoms with van der Waals surface area (Å²) < 4.78 is 0. The Morgan fingerprint density at radius 3 is 2.60 bits per heavy atom. The molecule has 1 N–H and O–H groups in total. The van der Waals surface area contributed by atoms with Crippen molar-refractivity contribution in [3.8, 4) is 0 Å². The third-order valence-corrected chi connectivity index (χ3v) is 3.30. The molecule has 0 radical (unpaired) electrons. The zero-order valence-corrected chi connectivity index (χ0v) is 9.53. The molecule has 82 valence electrons. The highest BCUT2D eigenvalue weighted by molar-refractivity contribution is 5.47. The van der Waals surface area contributed by atoms with Crippen molar-refractivity contribution >= 4 is 5.69 Å². The topological polar surface area (TPSA) is 23.5 Å². The van der Waals surface area contributed by atoms with Gasteiger partial charge in [0.15, 0.2) is 0 Å². The molecule has 1 aliphatic rings. The zero-order valence-electron chi connectivity index (χ0n) is 9.53. The molecular formula is C13H19NO. The fourth-order valence-corrected chi connectivity index (χ4v) is 1.95. The van der Waals surface area contributed by atoms with Gasteiger partial charge < -0.3 is 10.0 Å². The molecular weight excluding hydrogens is 186 g/mol. The Morgan fingerprint density at radius 1 is 1.33 bits per heavy atom. The Bertz CT molecular complexity index is 342. The van der Waals surface area contributed by atoms with Crippen molar-refractivity contribution in [1.29, 1.82) is 0 Å². The van der Waals surface area contributed by atoms with E-state index < -0.39 is 0 Å². The molecule has 0 spiro atoms. The van der Waals surface area contributed by atoms with E-state index in [1.54, 1.807) is 0 Å². The molecule has 0 aromatic heterocycles. The Balaban J connectivity index is 2.11. The van der Waals surface area contributed by atoms with Crippen molar-refractivity contribution in [2.75, 3.05) is 25.6 Å². The minimum atomic E-state index is 0.213. The van der Waals surface area contributed by atoms with Gasteiger partial charge in [0.2, 0.25) is 0 Å². The molecule has 0 aliphatic heterocycles. The first-order chi connectivity index (χ1) is 7.15. The number of nitrogens with zero attached hydrogens (tertiary/aromatic N) is 1. The summed E-state index contributed by atoms with van der Waals surface area (Å²) in [5.74, 6) is 0. The van der Waals surface area contributed by atoms with Crippen molar-refractivity contribution in [3.05, 3.63) is 29.8 Å². The van der Waals surface area contributed by atoms with Gasteiger partial charge in [0, 0.05) is 26.4 Å². The molecule has 2 nitrogen and oxygen atoms in total. The smallest absolute Gasteiger partial charge is 0.0490 e. The third-order valence-electron chi connectivity index (χ3n) is 3.30. The summed E-state index contributed by atoms with van der Waals surface area (Å²) in [7, 11) is 4.11. The summed E-state index contributed by atoms with van der Waals surface area (Å²) in [5, 5.41) is 9.29. The van der Waals surface area contributed by atoms with Crippen LogP contribution in [0.4, 0.5) is 5.69 Å². The average molecular weight is 205 g/mol. The SMILES string of the molecule is CN(C)c1cccc(CC2(CO)CC2)c1. The Kier molecular flexibility index (Phi) is 2.70. The number of rotatable bonds is 4. The van der Waals surface area contributed by atoms with Crippen molar-refractivity contribution in [2.45, 2.75) is 19.3 Å². The summed E-state index contributed by atoms with van der Waals surface area (Å²) in [6.45, 7) is 0.333. The lowest BCUT2D eigenvalue weighted by molar-refractivity contribution is 0.211. The highest BCUT2D eigenvalue weighted by Gasteiger charge is 2.41. The van der Waals surface area contributed by atoms with Gasteiger partial charge in [-0.3, -0.25) is 0 Å². The number of hydrogen-bond acceptors (Lipinski definition) is 2. The van der Waals surface area contributed by atoms with Crippen molar-refractivity contribution in [1.82, 2.24) is 0 Å². The monoisotopic (exact) mass is 205 g/mol. The van der Waals surface area contributed by atoms with E-state index in [0.29, 0.717) is 6.61 Å². The summed E-state index contributed by atoms with van der Waals surface area (Å²) in [4.78, 5) is 2.11. The van der Waals surface area contributed by atoms with Crippen LogP contribution in [0.25, 0.3) is 0 Å². The molecule has 1 aliphatic carbocycles. The number of hydrogen-bond donors (Lipinski definition) is 1. The molecule has 15 heavy (non-hydrogen) atoms. The molecule has 0 heterocycles. The normalized spacial score (nSPS) is 17.5. The predicted molar refractivity (Wildman–Crippen MR) is 63.2 cm³/mol. The second-order valence-electron chi connectivity index (χ2n) is 4.90. The van der Waals surface area contributed by atoms with Crippen LogP contribution < -0.4 is 4.90 Å². The van der Waals surface area contributed by atoms with Crippen molar-refractivity contribution in [2.24, 2.45) is 5.41 Å². The second kappa shape index (κ2) is 3.86. The summed E-state index contributed by atoms with van der Waals surface area (Å²) in [6.07, 6.45) is 3.37. The lowest BCUT2D eigenvalue weighted by Crippen LogP contribution is -2.12.